The van der Waals surface area contributed by atoms with E-state index in [2.05, 4.69) is 13.1 Å². The fourth-order valence-corrected chi connectivity index (χ4v) is 6.16. The molecule has 33 heavy (non-hydrogen) atoms. The van der Waals surface area contributed by atoms with Crippen LogP contribution >= 0.6 is 23.5 Å². The summed E-state index contributed by atoms with van der Waals surface area (Å²) in [6, 6.07) is 0.900. The van der Waals surface area contributed by atoms with E-state index in [4.69, 9.17) is 20.9 Å². The van der Waals surface area contributed by atoms with Crippen LogP contribution in [0.1, 0.15) is 18.8 Å². The van der Waals surface area contributed by atoms with E-state index >= 15 is 4.39 Å². The number of alkyl halides is 1. The maximum absolute atomic E-state index is 15.5. The summed E-state index contributed by atoms with van der Waals surface area (Å²) in [7, 11) is -17.1. The molecule has 1 fully saturated rings. The second-order valence-corrected chi connectivity index (χ2v) is 11.0. The molecule has 1 aromatic rings. The van der Waals surface area contributed by atoms with Crippen molar-refractivity contribution >= 4 is 23.5 Å². The number of nitrogens with zero attached hydrogens (tertiary/aromatic N) is 1. The molecular formula is C13H18FN2O14P3. The van der Waals surface area contributed by atoms with Crippen LogP contribution in [-0.2, 0) is 31.6 Å². The molecule has 0 radical (unpaired) electrons. The molecule has 6 N–H and O–H groups in total. The van der Waals surface area contributed by atoms with Gasteiger partial charge in [0.2, 0.25) is 5.67 Å². The van der Waals surface area contributed by atoms with Gasteiger partial charge in [-0.25, -0.2) is 22.9 Å². The zero-order valence-corrected chi connectivity index (χ0v) is 19.2. The van der Waals surface area contributed by atoms with Crippen LogP contribution in [0.5, 0.6) is 0 Å². The molecule has 1 aromatic heterocycles. The van der Waals surface area contributed by atoms with E-state index in [0.29, 0.717) is 4.57 Å². The van der Waals surface area contributed by atoms with Crippen molar-refractivity contribution in [2.75, 3.05) is 0 Å². The van der Waals surface area contributed by atoms with Gasteiger partial charge in [-0.15, -0.1) is 6.42 Å². The van der Waals surface area contributed by atoms with Crippen LogP contribution in [0.25, 0.3) is 0 Å². The van der Waals surface area contributed by atoms with Crippen molar-refractivity contribution in [2.45, 2.75) is 44.1 Å². The number of rotatable bonds is 8. The molecule has 0 saturated carbocycles. The number of halogens is 1. The highest BCUT2D eigenvalue weighted by Gasteiger charge is 2.60. The van der Waals surface area contributed by atoms with Crippen molar-refractivity contribution in [1.29, 1.82) is 0 Å². The van der Waals surface area contributed by atoms with Crippen LogP contribution in [0.2, 0.25) is 0 Å². The van der Waals surface area contributed by atoms with Crippen LogP contribution in [0, 0.1) is 19.3 Å². The second-order valence-electron chi connectivity index (χ2n) is 6.66. The first kappa shape index (κ1) is 27.7. The largest absolute Gasteiger partial charge is 0.490 e. The molecule has 0 bridgehead atoms. The lowest BCUT2D eigenvalue weighted by molar-refractivity contribution is -0.0787. The predicted molar refractivity (Wildman–Crippen MR) is 103 cm³/mol. The first-order valence-electron chi connectivity index (χ1n) is 8.47. The van der Waals surface area contributed by atoms with E-state index in [-0.39, 0.29) is 5.69 Å². The average molecular weight is 538 g/mol. The Morgan fingerprint density at radius 2 is 1.82 bits per heavy atom. The topological polar surface area (TPSA) is 244 Å². The Hall–Kier alpha value is -1.50. The third-order valence-electron chi connectivity index (χ3n) is 4.19. The lowest BCUT2D eigenvalue weighted by Crippen LogP contribution is -2.46. The van der Waals surface area contributed by atoms with Crippen molar-refractivity contribution in [1.82, 2.24) is 9.55 Å². The van der Waals surface area contributed by atoms with Gasteiger partial charge in [0, 0.05) is 11.8 Å². The van der Waals surface area contributed by atoms with E-state index in [1.54, 1.807) is 5.92 Å². The Balaban J connectivity index is 2.33. The molecule has 0 spiro atoms. The minimum absolute atomic E-state index is 0.126. The molecule has 1 saturated heterocycles. The number of hydrogen-bond donors (Lipinski definition) is 6. The van der Waals surface area contributed by atoms with Gasteiger partial charge >= 0.3 is 29.2 Å². The maximum atomic E-state index is 15.5. The molecule has 0 aliphatic carbocycles. The quantitative estimate of drug-likeness (QED) is 0.175. The summed E-state index contributed by atoms with van der Waals surface area (Å²) in [4.78, 5) is 61.3. The number of terminal acetylenes is 1. The Labute approximate surface area is 183 Å². The number of phosphoric acid groups is 3. The highest BCUT2D eigenvalue weighted by atomic mass is 31.3. The van der Waals surface area contributed by atoms with Gasteiger partial charge in [0.05, 0.1) is 6.10 Å². The normalized spacial score (nSPS) is 30.2. The number of H-pyrrole nitrogens is 1. The van der Waals surface area contributed by atoms with Crippen molar-refractivity contribution in [2.24, 2.45) is 0 Å². The van der Waals surface area contributed by atoms with Gasteiger partial charge in [0.15, 0.2) is 6.23 Å². The molecule has 7 atom stereocenters. The lowest BCUT2D eigenvalue weighted by atomic mass is 9.95. The van der Waals surface area contributed by atoms with Crippen LogP contribution in [-0.4, -0.2) is 58.2 Å². The van der Waals surface area contributed by atoms with Gasteiger partial charge in [0.1, 0.15) is 12.2 Å². The number of nitrogens with one attached hydrogen (secondary N) is 1. The molecule has 2 rings (SSSR count). The molecule has 0 aromatic carbocycles. The molecule has 3 unspecified atom stereocenters. The van der Waals surface area contributed by atoms with E-state index < -0.39 is 64.9 Å². The zero-order chi connectivity index (χ0) is 25.6. The number of phosphoric ester groups is 1. The Bertz CT molecular complexity index is 1220. The van der Waals surface area contributed by atoms with Crippen LogP contribution in [0.3, 0.4) is 0 Å². The van der Waals surface area contributed by atoms with Gasteiger partial charge in [0.25, 0.3) is 5.56 Å². The molecule has 16 nitrogen and oxygen atoms in total. The molecule has 20 heteroatoms. The number of aliphatic hydroxyl groups is 1. The fraction of sp³-hybridized carbons (Fsp3) is 0.538. The number of aromatic nitrogens is 2. The summed E-state index contributed by atoms with van der Waals surface area (Å²) in [5, 5.41) is 10.4. The van der Waals surface area contributed by atoms with Crippen molar-refractivity contribution < 1.29 is 60.6 Å². The van der Waals surface area contributed by atoms with Gasteiger partial charge in [-0.05, 0) is 13.8 Å². The minimum atomic E-state index is -5.84. The predicted octanol–water partition coefficient (Wildman–Crippen LogP) is -0.823. The van der Waals surface area contributed by atoms with Gasteiger partial charge < -0.3 is 29.4 Å². The number of hydrogen-bond acceptors (Lipinski definition) is 10. The fourth-order valence-electron chi connectivity index (χ4n) is 2.96. The summed E-state index contributed by atoms with van der Waals surface area (Å²) in [6.07, 6.45) is -2.96. The van der Waals surface area contributed by atoms with Crippen molar-refractivity contribution in [3.8, 4) is 12.3 Å². The van der Waals surface area contributed by atoms with Gasteiger partial charge in [-0.1, -0.05) is 5.92 Å². The lowest BCUT2D eigenvalue weighted by Gasteiger charge is -2.25. The molecule has 2 heterocycles. The third-order valence-corrected chi connectivity index (χ3v) is 8.12. The van der Waals surface area contributed by atoms with Gasteiger partial charge in [-0.2, -0.15) is 8.62 Å². The monoisotopic (exact) mass is 538 g/mol. The Morgan fingerprint density at radius 1 is 1.24 bits per heavy atom. The summed E-state index contributed by atoms with van der Waals surface area (Å²) in [5.41, 5.74) is -5.24. The van der Waals surface area contributed by atoms with Crippen LogP contribution < -0.4 is 11.2 Å². The van der Waals surface area contributed by atoms with Crippen LogP contribution in [0.4, 0.5) is 4.39 Å². The van der Waals surface area contributed by atoms with E-state index in [1.807, 2.05) is 4.98 Å². The molecule has 1 aliphatic heterocycles. The van der Waals surface area contributed by atoms with Crippen molar-refractivity contribution in [3.63, 3.8) is 0 Å². The van der Waals surface area contributed by atoms with Crippen molar-refractivity contribution in [3.05, 3.63) is 32.6 Å². The summed E-state index contributed by atoms with van der Waals surface area (Å²) >= 11 is 0. The Kier molecular flexibility index (Phi) is 7.80. The molecule has 0 amide bonds. The average Bonchev–Trinajstić information content (AvgIpc) is 2.83. The highest BCUT2D eigenvalue weighted by molar-refractivity contribution is 7.66. The zero-order valence-electron chi connectivity index (χ0n) is 16.5. The smallest absolute Gasteiger partial charge is 0.386 e. The number of aryl methyl sites for hydroxylation is 1. The van der Waals surface area contributed by atoms with Crippen LogP contribution in [0.15, 0.2) is 15.7 Å². The molecule has 1 aliphatic rings. The molecular weight excluding hydrogens is 520 g/mol. The first-order chi connectivity index (χ1) is 14.8. The second kappa shape index (κ2) is 9.27. The van der Waals surface area contributed by atoms with E-state index in [0.717, 1.165) is 13.0 Å². The summed E-state index contributed by atoms with van der Waals surface area (Å²) in [5.74, 6) is 1.62. The maximum Gasteiger partial charge on any atom is 0.490 e. The summed E-state index contributed by atoms with van der Waals surface area (Å²) in [6.45, 7) is 2.14. The standard InChI is InChI=1S/C13H18FN2O14P3/c1-4-13(14)10(18)9(27-11(13)16-6(2)5-8(17)15-12(16)19)7(3)28-32(23,24)30-33(25,26)29-31(20,21)22/h1,5,7,9-11,18H,2-3H3,(H,23,24)(H,25,26)(H,15,17,19)(H2,20,21,22)/t7-,9+,10-,11+,13?/m0/s1. The number of aromatic amines is 1. The number of aliphatic hydroxyl groups excluding tert-OH is 1. The first-order valence-corrected chi connectivity index (χ1v) is 13.0. The van der Waals surface area contributed by atoms with E-state index in [1.165, 1.54) is 6.92 Å². The Morgan fingerprint density at radius 3 is 2.30 bits per heavy atom. The van der Waals surface area contributed by atoms with Gasteiger partial charge in [-0.3, -0.25) is 18.9 Å². The molecule has 186 valence electrons. The summed E-state index contributed by atoms with van der Waals surface area (Å²) < 4.78 is 67.0. The van der Waals surface area contributed by atoms with E-state index in [9.17, 15) is 38.2 Å². The third kappa shape index (κ3) is 6.34. The number of ether oxygens (including phenoxy) is 1. The SMILES string of the molecule is C#CC1(F)[C@@H](O)[C@@H]([C@H](C)OP(=O)(O)OP(=O)(O)OP(=O)(O)O)O[C@H]1n1c(C)cc(=O)[nH]c1=O. The highest BCUT2D eigenvalue weighted by Crippen LogP contribution is 2.66. The minimum Gasteiger partial charge on any atom is -0.386 e.